The number of ether oxygens (including phenoxy) is 3. The lowest BCUT2D eigenvalue weighted by Crippen LogP contribution is -2.45. The largest absolute Gasteiger partial charge is 0.497 e. The van der Waals surface area contributed by atoms with E-state index in [0.29, 0.717) is 28.4 Å². The Morgan fingerprint density at radius 2 is 1.72 bits per heavy atom. The molecule has 0 aliphatic rings. The highest BCUT2D eigenvalue weighted by Crippen LogP contribution is 2.39. The first kappa shape index (κ1) is 33.2. The van der Waals surface area contributed by atoms with Crippen molar-refractivity contribution in [1.29, 1.82) is 0 Å². The maximum absolute atomic E-state index is 14.4. The van der Waals surface area contributed by atoms with Crippen LogP contribution in [-0.4, -0.2) is 37.8 Å². The molecule has 1 N–H and O–H groups in total. The number of benzene rings is 3. The molecule has 43 heavy (non-hydrogen) atoms. The van der Waals surface area contributed by atoms with Gasteiger partial charge in [-0.15, -0.1) is 0 Å². The summed E-state index contributed by atoms with van der Waals surface area (Å²) in [7, 11) is 3.05. The first-order chi connectivity index (χ1) is 20.4. The Morgan fingerprint density at radius 1 is 1.05 bits per heavy atom. The summed E-state index contributed by atoms with van der Waals surface area (Å²) in [6.45, 7) is 15.1. The molecular formula is C35H42F2N2O4. The van der Waals surface area contributed by atoms with Crippen LogP contribution in [0.25, 0.3) is 5.70 Å². The van der Waals surface area contributed by atoms with Crippen molar-refractivity contribution in [2.24, 2.45) is 0 Å². The molecule has 0 spiro atoms. The van der Waals surface area contributed by atoms with E-state index in [4.69, 9.17) is 14.2 Å². The summed E-state index contributed by atoms with van der Waals surface area (Å²) in [5.74, 6) is -2.07. The number of hydrogen-bond acceptors (Lipinski definition) is 4. The van der Waals surface area contributed by atoms with Crippen molar-refractivity contribution >= 4 is 17.4 Å². The lowest BCUT2D eigenvalue weighted by Gasteiger charge is -2.38. The molecule has 2 unspecified atom stereocenters. The number of allylic oxidation sites excluding steroid dienone is 1. The number of amides is 2. The van der Waals surface area contributed by atoms with Gasteiger partial charge in [0.1, 0.15) is 17.2 Å². The van der Waals surface area contributed by atoms with Crippen molar-refractivity contribution in [2.45, 2.75) is 59.4 Å². The molecule has 0 heterocycles. The van der Waals surface area contributed by atoms with Crippen LogP contribution in [0.4, 0.5) is 19.3 Å². The Labute approximate surface area is 254 Å². The van der Waals surface area contributed by atoms with Gasteiger partial charge in [-0.05, 0) is 57.5 Å². The van der Waals surface area contributed by atoms with E-state index >= 15 is 0 Å². The molecule has 3 aromatic rings. The molecule has 0 bridgehead atoms. The average Bonchev–Trinajstić information content (AvgIpc) is 2.98. The third kappa shape index (κ3) is 7.74. The van der Waals surface area contributed by atoms with Crippen LogP contribution in [0.1, 0.15) is 62.8 Å². The number of nitrogens with one attached hydrogen (secondary N) is 1. The number of rotatable bonds is 12. The summed E-state index contributed by atoms with van der Waals surface area (Å²) in [5.41, 5.74) is 3.97. The second kappa shape index (κ2) is 14.2. The van der Waals surface area contributed by atoms with Crippen LogP contribution in [0.2, 0.25) is 0 Å². The normalized spacial score (nSPS) is 13.1. The summed E-state index contributed by atoms with van der Waals surface area (Å²) >= 11 is 0. The van der Waals surface area contributed by atoms with Gasteiger partial charge in [-0.25, -0.2) is 13.6 Å². The Balaban J connectivity index is 2.23. The van der Waals surface area contributed by atoms with Crippen molar-refractivity contribution in [3.8, 4) is 17.2 Å². The molecule has 0 saturated heterocycles. The maximum atomic E-state index is 14.4. The summed E-state index contributed by atoms with van der Waals surface area (Å²) in [6, 6.07) is 16.5. The van der Waals surface area contributed by atoms with E-state index < -0.39 is 18.0 Å². The van der Waals surface area contributed by atoms with Crippen molar-refractivity contribution in [2.75, 3.05) is 26.1 Å². The smallest absolute Gasteiger partial charge is 0.327 e. The van der Waals surface area contributed by atoms with Crippen LogP contribution in [0.5, 0.6) is 17.2 Å². The molecule has 0 aromatic heterocycles. The highest BCUT2D eigenvalue weighted by atomic mass is 19.3. The van der Waals surface area contributed by atoms with Gasteiger partial charge >= 0.3 is 6.03 Å². The SMILES string of the molecule is C=C(c1ccc(C(C)(F)F)cc1OCC)N(C(=O)Nc1cc(OC)ccc1OC)C(/C(C)=C/C)C(C)c1ccc(C)cc1. The molecule has 2 atom stereocenters. The third-order valence-corrected chi connectivity index (χ3v) is 7.53. The molecule has 0 radical (unpaired) electrons. The fourth-order valence-corrected chi connectivity index (χ4v) is 4.99. The Morgan fingerprint density at radius 3 is 2.28 bits per heavy atom. The zero-order chi connectivity index (χ0) is 31.9. The first-order valence-corrected chi connectivity index (χ1v) is 14.2. The van der Waals surface area contributed by atoms with E-state index in [2.05, 4.69) is 11.9 Å². The van der Waals surface area contributed by atoms with E-state index in [1.807, 2.05) is 58.0 Å². The molecule has 0 fully saturated rings. The number of carbonyl (C=O) groups is 1. The molecule has 3 rings (SSSR count). The number of hydrogen-bond donors (Lipinski definition) is 1. The van der Waals surface area contributed by atoms with Gasteiger partial charge in [-0.1, -0.05) is 61.0 Å². The van der Waals surface area contributed by atoms with Crippen LogP contribution in [-0.2, 0) is 5.92 Å². The lowest BCUT2D eigenvalue weighted by atomic mass is 9.86. The number of anilines is 1. The van der Waals surface area contributed by atoms with Crippen LogP contribution >= 0.6 is 0 Å². The third-order valence-electron chi connectivity index (χ3n) is 7.53. The number of aryl methyl sites for hydroxylation is 1. The second-order valence-corrected chi connectivity index (χ2v) is 10.5. The maximum Gasteiger partial charge on any atom is 0.327 e. The number of halogens is 2. The molecular weight excluding hydrogens is 550 g/mol. The van der Waals surface area contributed by atoms with E-state index in [1.165, 1.54) is 32.4 Å². The van der Waals surface area contributed by atoms with Gasteiger partial charge in [0.2, 0.25) is 0 Å². The van der Waals surface area contributed by atoms with E-state index in [-0.39, 0.29) is 23.8 Å². The van der Waals surface area contributed by atoms with Gasteiger partial charge in [0, 0.05) is 35.7 Å². The van der Waals surface area contributed by atoms with Gasteiger partial charge < -0.3 is 19.5 Å². The van der Waals surface area contributed by atoms with Crippen LogP contribution < -0.4 is 19.5 Å². The molecule has 3 aromatic carbocycles. The summed E-state index contributed by atoms with van der Waals surface area (Å²) in [4.78, 5) is 16.0. The van der Waals surface area contributed by atoms with Crippen molar-refractivity contribution < 1.29 is 27.8 Å². The molecule has 230 valence electrons. The number of carbonyl (C=O) groups excluding carboxylic acids is 1. The molecule has 2 amide bonds. The zero-order valence-electron chi connectivity index (χ0n) is 26.3. The Hall–Kier alpha value is -4.33. The van der Waals surface area contributed by atoms with Crippen LogP contribution in [0.3, 0.4) is 0 Å². The number of methoxy groups -OCH3 is 2. The van der Waals surface area contributed by atoms with E-state index in [9.17, 15) is 13.6 Å². The molecule has 0 aliphatic carbocycles. The number of alkyl halides is 2. The summed E-state index contributed by atoms with van der Waals surface area (Å²) in [6.07, 6.45) is 1.96. The number of nitrogens with zero attached hydrogens (tertiary/aromatic N) is 1. The van der Waals surface area contributed by atoms with E-state index in [0.717, 1.165) is 23.6 Å². The van der Waals surface area contributed by atoms with Crippen molar-refractivity contribution in [1.82, 2.24) is 4.90 Å². The quantitative estimate of drug-likeness (QED) is 0.213. The summed E-state index contributed by atoms with van der Waals surface area (Å²) in [5, 5.41) is 2.98. The van der Waals surface area contributed by atoms with Crippen LogP contribution in [0, 0.1) is 6.92 Å². The number of urea groups is 1. The van der Waals surface area contributed by atoms with Gasteiger partial charge in [0.15, 0.2) is 0 Å². The minimum Gasteiger partial charge on any atom is -0.497 e. The molecule has 0 saturated carbocycles. The highest BCUT2D eigenvalue weighted by molar-refractivity contribution is 5.97. The average molecular weight is 593 g/mol. The Bertz CT molecular complexity index is 1460. The summed E-state index contributed by atoms with van der Waals surface area (Å²) < 4.78 is 45.3. The van der Waals surface area contributed by atoms with Gasteiger partial charge in [-0.3, -0.25) is 4.90 Å². The van der Waals surface area contributed by atoms with Gasteiger partial charge in [0.25, 0.3) is 5.92 Å². The van der Waals surface area contributed by atoms with Gasteiger partial charge in [-0.2, -0.15) is 0 Å². The predicted molar refractivity (Wildman–Crippen MR) is 169 cm³/mol. The molecule has 8 heteroatoms. The van der Waals surface area contributed by atoms with E-state index in [1.54, 1.807) is 30.0 Å². The fourth-order valence-electron chi connectivity index (χ4n) is 4.99. The van der Waals surface area contributed by atoms with Crippen molar-refractivity contribution in [3.05, 3.63) is 101 Å². The molecule has 6 nitrogen and oxygen atoms in total. The van der Waals surface area contributed by atoms with Gasteiger partial charge in [0.05, 0.1) is 32.6 Å². The predicted octanol–water partition coefficient (Wildman–Crippen LogP) is 9.17. The highest BCUT2D eigenvalue weighted by Gasteiger charge is 2.35. The molecule has 0 aliphatic heterocycles. The minimum atomic E-state index is -3.07. The fraction of sp³-hybridized carbons (Fsp3) is 0.343. The monoisotopic (exact) mass is 592 g/mol. The minimum absolute atomic E-state index is 0.179. The van der Waals surface area contributed by atoms with Crippen molar-refractivity contribution in [3.63, 3.8) is 0 Å². The lowest BCUT2D eigenvalue weighted by molar-refractivity contribution is 0.0172. The zero-order valence-corrected chi connectivity index (χ0v) is 26.3. The standard InChI is InChI=1S/C35H42F2N2O4/c1-10-23(4)33(24(5)26-14-12-22(3)13-15-26)39(34(40)38-30-21-28(41-8)17-19-31(30)42-9)25(6)29-18-16-27(35(7,36)37)20-32(29)43-11-2/h10,12-21,24,33H,6,11H2,1-5,7-9H3,(H,38,40)/b23-10+. The first-order valence-electron chi connectivity index (χ1n) is 14.2. The van der Waals surface area contributed by atoms with Crippen LogP contribution in [0.15, 0.2) is 78.9 Å². The second-order valence-electron chi connectivity index (χ2n) is 10.5. The topological polar surface area (TPSA) is 60.0 Å². The Kier molecular flexibility index (Phi) is 11.0.